The number of aromatic nitrogens is 3. The van der Waals surface area contributed by atoms with Crippen LogP contribution in [0, 0.1) is 6.92 Å². The number of hydrogen-bond acceptors (Lipinski definition) is 8. The van der Waals surface area contributed by atoms with Crippen molar-refractivity contribution in [2.24, 2.45) is 4.99 Å². The summed E-state index contributed by atoms with van der Waals surface area (Å²) >= 11 is 6.17. The lowest BCUT2D eigenvalue weighted by Crippen LogP contribution is -2.29. The Labute approximate surface area is 260 Å². The third-order valence-corrected chi connectivity index (χ3v) is 7.52. The molecule has 5 rings (SSSR count). The van der Waals surface area contributed by atoms with Gasteiger partial charge in [-0.05, 0) is 60.8 Å². The van der Waals surface area contributed by atoms with E-state index in [1.165, 1.54) is 6.08 Å². The monoisotopic (exact) mass is 611 g/mol. The third-order valence-electron chi connectivity index (χ3n) is 7.26. The number of Topliss-reactive ketones (excluding diaryl/α,β-unsaturated/α-hetero) is 1. The van der Waals surface area contributed by atoms with E-state index in [1.54, 1.807) is 49.6 Å². The number of methoxy groups -OCH3 is 1. The third kappa shape index (κ3) is 7.13. The zero-order chi connectivity index (χ0) is 31.2. The molecule has 1 aliphatic rings. The van der Waals surface area contributed by atoms with Gasteiger partial charge in [0.05, 0.1) is 18.5 Å². The molecule has 224 valence electrons. The maximum atomic E-state index is 13.2. The lowest BCUT2D eigenvalue weighted by atomic mass is 9.80. The lowest BCUT2D eigenvalue weighted by molar-refractivity contribution is -0.120. The fraction of sp³-hybridized carbons (Fsp3) is 0.219. The number of ether oxygens (including phenoxy) is 1. The fourth-order valence-electron chi connectivity index (χ4n) is 5.00. The van der Waals surface area contributed by atoms with Crippen molar-refractivity contribution in [2.75, 3.05) is 13.7 Å². The van der Waals surface area contributed by atoms with Crippen LogP contribution in [-0.4, -0.2) is 63.0 Å². The predicted octanol–water partition coefficient (Wildman–Crippen LogP) is 3.38. The quantitative estimate of drug-likeness (QED) is 0.134. The number of amides is 1. The van der Waals surface area contributed by atoms with Crippen LogP contribution < -0.4 is 15.5 Å². The highest BCUT2D eigenvalue weighted by molar-refractivity contribution is 6.58. The van der Waals surface area contributed by atoms with Crippen LogP contribution in [-0.2, 0) is 9.59 Å². The SMILES string of the molecule is COc1ccc2c(c1)C(c1ccc(Cl)cc1)=N[C@@H](CC(=O)CCCNC(=O)/C=C/c1ccc(B(O)O)cc1)c1nnc(C)n1-2. The van der Waals surface area contributed by atoms with Crippen LogP contribution in [0.4, 0.5) is 0 Å². The van der Waals surface area contributed by atoms with Gasteiger partial charge < -0.3 is 20.1 Å². The topological polar surface area (TPSA) is 139 Å². The van der Waals surface area contributed by atoms with Gasteiger partial charge in [0.2, 0.25) is 5.91 Å². The van der Waals surface area contributed by atoms with Gasteiger partial charge in [0.1, 0.15) is 23.4 Å². The van der Waals surface area contributed by atoms with Crippen molar-refractivity contribution in [1.29, 1.82) is 0 Å². The Morgan fingerprint density at radius 3 is 2.52 bits per heavy atom. The Kier molecular flexibility index (Phi) is 9.69. The van der Waals surface area contributed by atoms with E-state index in [1.807, 2.05) is 41.8 Å². The van der Waals surface area contributed by atoms with Crippen molar-refractivity contribution in [3.63, 3.8) is 0 Å². The first kappa shape index (κ1) is 30.9. The summed E-state index contributed by atoms with van der Waals surface area (Å²) in [6.07, 6.45) is 3.86. The zero-order valence-electron chi connectivity index (χ0n) is 24.3. The molecule has 1 aliphatic heterocycles. The number of hydrogen-bond donors (Lipinski definition) is 3. The molecule has 1 atom stereocenters. The molecule has 0 aliphatic carbocycles. The normalized spacial score (nSPS) is 13.9. The molecule has 2 heterocycles. The molecule has 4 aromatic rings. The largest absolute Gasteiger partial charge is 0.497 e. The Balaban J connectivity index is 1.27. The predicted molar refractivity (Wildman–Crippen MR) is 170 cm³/mol. The van der Waals surface area contributed by atoms with Crippen molar-refractivity contribution >= 4 is 47.7 Å². The van der Waals surface area contributed by atoms with Crippen LogP contribution in [0.25, 0.3) is 11.8 Å². The van der Waals surface area contributed by atoms with Gasteiger partial charge in [-0.2, -0.15) is 0 Å². The summed E-state index contributed by atoms with van der Waals surface area (Å²) < 4.78 is 7.45. The Morgan fingerprint density at radius 1 is 1.07 bits per heavy atom. The van der Waals surface area contributed by atoms with Crippen LogP contribution >= 0.6 is 11.6 Å². The summed E-state index contributed by atoms with van der Waals surface area (Å²) in [6.45, 7) is 2.19. The van der Waals surface area contributed by atoms with Gasteiger partial charge in [-0.15, -0.1) is 10.2 Å². The van der Waals surface area contributed by atoms with Crippen molar-refractivity contribution in [1.82, 2.24) is 20.1 Å². The zero-order valence-corrected chi connectivity index (χ0v) is 25.0. The second kappa shape index (κ2) is 13.8. The summed E-state index contributed by atoms with van der Waals surface area (Å²) in [6, 6.07) is 19.1. The highest BCUT2D eigenvalue weighted by atomic mass is 35.5. The van der Waals surface area contributed by atoms with E-state index in [-0.39, 0.29) is 24.5 Å². The molecule has 0 bridgehead atoms. The molecule has 3 N–H and O–H groups in total. The fourth-order valence-corrected chi connectivity index (χ4v) is 5.13. The maximum Gasteiger partial charge on any atom is 0.488 e. The number of aliphatic imine (C=N–C) groups is 1. The van der Waals surface area contributed by atoms with Crippen molar-refractivity contribution < 1.29 is 24.4 Å². The molecule has 0 unspecified atom stereocenters. The van der Waals surface area contributed by atoms with Crippen LogP contribution in [0.1, 0.15) is 53.6 Å². The van der Waals surface area contributed by atoms with Crippen molar-refractivity contribution in [3.8, 4) is 11.4 Å². The van der Waals surface area contributed by atoms with Gasteiger partial charge in [-0.3, -0.25) is 19.1 Å². The Bertz CT molecular complexity index is 1720. The molecule has 44 heavy (non-hydrogen) atoms. The number of halogens is 1. The van der Waals surface area contributed by atoms with E-state index >= 15 is 0 Å². The first-order valence-corrected chi connectivity index (χ1v) is 14.5. The second-order valence-electron chi connectivity index (χ2n) is 10.3. The number of aryl methyl sites for hydroxylation is 1. The van der Waals surface area contributed by atoms with Gasteiger partial charge >= 0.3 is 7.12 Å². The van der Waals surface area contributed by atoms with E-state index in [9.17, 15) is 19.6 Å². The molecule has 0 spiro atoms. The lowest BCUT2D eigenvalue weighted by Gasteiger charge is -2.14. The van der Waals surface area contributed by atoms with Crippen molar-refractivity contribution in [3.05, 3.63) is 106 Å². The number of carbonyl (C=O) groups is 2. The Morgan fingerprint density at radius 2 is 1.82 bits per heavy atom. The average molecular weight is 612 g/mol. The number of carbonyl (C=O) groups excluding carboxylic acids is 2. The molecular weight excluding hydrogens is 581 g/mol. The highest BCUT2D eigenvalue weighted by Gasteiger charge is 2.30. The second-order valence-corrected chi connectivity index (χ2v) is 10.8. The molecule has 1 aromatic heterocycles. The smallest absolute Gasteiger partial charge is 0.488 e. The Hall–Kier alpha value is -4.58. The van der Waals surface area contributed by atoms with Gasteiger partial charge in [0, 0.05) is 41.6 Å². The van der Waals surface area contributed by atoms with E-state index in [0.29, 0.717) is 46.6 Å². The maximum absolute atomic E-state index is 13.2. The summed E-state index contributed by atoms with van der Waals surface area (Å²) in [5, 5.41) is 30.5. The van der Waals surface area contributed by atoms with Crippen LogP contribution in [0.3, 0.4) is 0 Å². The molecule has 1 amide bonds. The molecule has 0 saturated heterocycles. The molecule has 0 radical (unpaired) electrons. The van der Waals surface area contributed by atoms with Crippen molar-refractivity contribution in [2.45, 2.75) is 32.2 Å². The number of benzene rings is 3. The molecule has 0 saturated carbocycles. The minimum absolute atomic E-state index is 0.0131. The number of nitrogens with zero attached hydrogens (tertiary/aromatic N) is 4. The summed E-state index contributed by atoms with van der Waals surface area (Å²) in [5.74, 6) is 1.62. The first-order chi connectivity index (χ1) is 21.2. The highest BCUT2D eigenvalue weighted by Crippen LogP contribution is 2.34. The molecule has 0 fully saturated rings. The van der Waals surface area contributed by atoms with Crippen LogP contribution in [0.5, 0.6) is 5.75 Å². The summed E-state index contributed by atoms with van der Waals surface area (Å²) in [4.78, 5) is 30.5. The summed E-state index contributed by atoms with van der Waals surface area (Å²) in [5.41, 5.74) is 4.31. The number of ketones is 1. The number of rotatable bonds is 11. The average Bonchev–Trinajstić information content (AvgIpc) is 3.35. The van der Waals surface area contributed by atoms with Gasteiger partial charge in [0.15, 0.2) is 5.82 Å². The summed E-state index contributed by atoms with van der Waals surface area (Å²) in [7, 11) is 0.0686. The first-order valence-electron chi connectivity index (χ1n) is 14.1. The molecule has 12 heteroatoms. The minimum Gasteiger partial charge on any atom is -0.497 e. The standard InChI is InChI=1S/C32H31BClN5O5/c1-20-37-38-32-28(18-25(40)4-3-17-35-30(41)16-7-21-5-10-23(11-6-21)33(42)43)36-31(22-8-12-24(34)13-9-22)27-19-26(44-2)14-15-29(27)39(20)32/h5-16,19,28,42-43H,3-4,17-18H2,1-2H3,(H,35,41)/b16-7+/t28-/m0/s1. The van der Waals surface area contributed by atoms with Gasteiger partial charge in [-0.25, -0.2) is 0 Å². The van der Waals surface area contributed by atoms with Gasteiger partial charge in [0.25, 0.3) is 0 Å². The number of fused-ring (bicyclic) bond motifs is 3. The van der Waals surface area contributed by atoms with Crippen LogP contribution in [0.15, 0.2) is 77.8 Å². The minimum atomic E-state index is -1.54. The van der Waals surface area contributed by atoms with E-state index in [4.69, 9.17) is 21.3 Å². The van der Waals surface area contributed by atoms with Gasteiger partial charge in [-0.1, -0.05) is 48.0 Å². The molecule has 3 aromatic carbocycles. The van der Waals surface area contributed by atoms with E-state index in [2.05, 4.69) is 15.5 Å². The molecule has 10 nitrogen and oxygen atoms in total. The molecular formula is C32H31BClN5O5. The van der Waals surface area contributed by atoms with E-state index < -0.39 is 13.2 Å². The van der Waals surface area contributed by atoms with E-state index in [0.717, 1.165) is 22.4 Å². The number of nitrogens with one attached hydrogen (secondary N) is 1. The van der Waals surface area contributed by atoms with Crippen LogP contribution in [0.2, 0.25) is 5.02 Å².